The average molecular weight is 279 g/mol. The van der Waals surface area contributed by atoms with Gasteiger partial charge >= 0.3 is 12.1 Å². The van der Waals surface area contributed by atoms with Crippen molar-refractivity contribution < 1.29 is 32.2 Å². The molecule has 1 aromatic carbocycles. The Bertz CT molecular complexity index is 448. The third-order valence-corrected chi connectivity index (χ3v) is 2.01. The highest BCUT2D eigenvalue weighted by Crippen LogP contribution is 2.25. The van der Waals surface area contributed by atoms with Gasteiger partial charge in [0.25, 0.3) is 0 Å². The quantitative estimate of drug-likeness (QED) is 0.386. The summed E-state index contributed by atoms with van der Waals surface area (Å²) >= 11 is 0. The Morgan fingerprint density at radius 1 is 1.37 bits per heavy atom. The number of halogens is 3. The molecule has 0 aromatic heterocycles. The van der Waals surface area contributed by atoms with Crippen LogP contribution >= 0.6 is 0 Å². The largest absolute Gasteiger partial charge is 0.467 e. The SMILES string of the molecule is COC(=O)c1c(N)cccc1OCOCC(F)(F)F. The predicted molar refractivity (Wildman–Crippen MR) is 59.7 cm³/mol. The Balaban J connectivity index is 2.68. The molecule has 0 aliphatic heterocycles. The number of nitrogens with two attached hydrogens (primary N) is 1. The summed E-state index contributed by atoms with van der Waals surface area (Å²) in [6, 6.07) is 4.30. The molecule has 0 unspecified atom stereocenters. The number of carbonyl (C=O) groups excluding carboxylic acids is 1. The molecule has 0 heterocycles. The topological polar surface area (TPSA) is 70.8 Å². The number of nitrogen functional groups attached to an aromatic ring is 1. The second-order valence-electron chi connectivity index (χ2n) is 3.44. The number of hydrogen-bond acceptors (Lipinski definition) is 5. The number of carbonyl (C=O) groups is 1. The van der Waals surface area contributed by atoms with Crippen LogP contribution in [-0.2, 0) is 9.47 Å². The molecule has 0 spiro atoms. The lowest BCUT2D eigenvalue weighted by atomic mass is 10.1. The Morgan fingerprint density at radius 2 is 2.05 bits per heavy atom. The molecule has 106 valence electrons. The van der Waals surface area contributed by atoms with E-state index in [9.17, 15) is 18.0 Å². The van der Waals surface area contributed by atoms with Crippen LogP contribution in [0.1, 0.15) is 10.4 Å². The first-order chi connectivity index (χ1) is 8.85. The maximum Gasteiger partial charge on any atom is 0.411 e. The molecule has 2 N–H and O–H groups in total. The lowest BCUT2D eigenvalue weighted by Crippen LogP contribution is -2.19. The van der Waals surface area contributed by atoms with Gasteiger partial charge in [-0.1, -0.05) is 6.07 Å². The van der Waals surface area contributed by atoms with Gasteiger partial charge in [-0.05, 0) is 12.1 Å². The monoisotopic (exact) mass is 279 g/mol. The summed E-state index contributed by atoms with van der Waals surface area (Å²) in [6.07, 6.45) is -4.44. The summed E-state index contributed by atoms with van der Waals surface area (Å²) in [6.45, 7) is -2.10. The Morgan fingerprint density at radius 3 is 2.63 bits per heavy atom. The van der Waals surface area contributed by atoms with Crippen LogP contribution in [0.15, 0.2) is 18.2 Å². The zero-order valence-electron chi connectivity index (χ0n) is 9.99. The van der Waals surface area contributed by atoms with Gasteiger partial charge in [0.1, 0.15) is 17.9 Å². The second-order valence-corrected chi connectivity index (χ2v) is 3.44. The van der Waals surface area contributed by atoms with E-state index in [4.69, 9.17) is 10.5 Å². The summed E-state index contributed by atoms with van der Waals surface area (Å²) in [5, 5.41) is 0. The number of benzene rings is 1. The van der Waals surface area contributed by atoms with Gasteiger partial charge in [-0.15, -0.1) is 0 Å². The molecular formula is C11H12F3NO4. The van der Waals surface area contributed by atoms with E-state index in [0.717, 1.165) is 7.11 Å². The van der Waals surface area contributed by atoms with Crippen molar-refractivity contribution in [2.75, 3.05) is 26.2 Å². The molecule has 0 aliphatic carbocycles. The third-order valence-electron chi connectivity index (χ3n) is 2.01. The normalized spacial score (nSPS) is 11.2. The highest BCUT2D eigenvalue weighted by atomic mass is 19.4. The van der Waals surface area contributed by atoms with Crippen molar-refractivity contribution in [2.24, 2.45) is 0 Å². The maximum atomic E-state index is 11.8. The molecule has 0 aliphatic rings. The van der Waals surface area contributed by atoms with Crippen LogP contribution in [0.4, 0.5) is 18.9 Å². The molecule has 0 saturated heterocycles. The first kappa shape index (κ1) is 15.1. The van der Waals surface area contributed by atoms with Crippen molar-refractivity contribution in [1.82, 2.24) is 0 Å². The molecule has 0 amide bonds. The van der Waals surface area contributed by atoms with E-state index in [1.54, 1.807) is 0 Å². The number of hydrogen-bond donors (Lipinski definition) is 1. The number of alkyl halides is 3. The molecule has 0 fully saturated rings. The number of ether oxygens (including phenoxy) is 3. The lowest BCUT2D eigenvalue weighted by Gasteiger charge is -2.13. The Labute approximate surface area is 107 Å². The number of anilines is 1. The van der Waals surface area contributed by atoms with Gasteiger partial charge < -0.3 is 19.9 Å². The second kappa shape index (κ2) is 6.28. The van der Waals surface area contributed by atoms with Crippen LogP contribution in [0.2, 0.25) is 0 Å². The van der Waals surface area contributed by atoms with E-state index in [0.29, 0.717) is 0 Å². The minimum Gasteiger partial charge on any atom is -0.467 e. The molecule has 1 rings (SSSR count). The van der Waals surface area contributed by atoms with Crippen molar-refractivity contribution in [1.29, 1.82) is 0 Å². The summed E-state index contributed by atoms with van der Waals surface area (Å²) in [5.74, 6) is -0.752. The van der Waals surface area contributed by atoms with Gasteiger partial charge in [-0.3, -0.25) is 0 Å². The number of methoxy groups -OCH3 is 1. The van der Waals surface area contributed by atoms with E-state index < -0.39 is 25.5 Å². The van der Waals surface area contributed by atoms with Gasteiger partial charge in [0.2, 0.25) is 0 Å². The maximum absolute atomic E-state index is 11.8. The van der Waals surface area contributed by atoms with Crippen molar-refractivity contribution >= 4 is 11.7 Å². The van der Waals surface area contributed by atoms with Crippen LogP contribution in [0.5, 0.6) is 5.75 Å². The highest BCUT2D eigenvalue weighted by molar-refractivity contribution is 5.98. The lowest BCUT2D eigenvalue weighted by molar-refractivity contribution is -0.186. The van der Waals surface area contributed by atoms with Gasteiger partial charge in [0.15, 0.2) is 6.79 Å². The van der Waals surface area contributed by atoms with Crippen LogP contribution in [0.3, 0.4) is 0 Å². The molecule has 0 bridgehead atoms. The molecule has 0 radical (unpaired) electrons. The smallest absolute Gasteiger partial charge is 0.411 e. The molecule has 1 aromatic rings. The molecule has 19 heavy (non-hydrogen) atoms. The third kappa shape index (κ3) is 4.66. The summed E-state index contributed by atoms with van der Waals surface area (Å²) in [5.41, 5.74) is 5.61. The van der Waals surface area contributed by atoms with Gasteiger partial charge in [-0.2, -0.15) is 13.2 Å². The Hall–Kier alpha value is -1.96. The van der Waals surface area contributed by atoms with Crippen molar-refractivity contribution in [2.45, 2.75) is 6.18 Å². The molecule has 0 atom stereocenters. The Kier molecular flexibility index (Phi) is 4.99. The minimum atomic E-state index is -4.44. The number of rotatable bonds is 5. The zero-order valence-corrected chi connectivity index (χ0v) is 9.99. The van der Waals surface area contributed by atoms with Crippen molar-refractivity contribution in [3.05, 3.63) is 23.8 Å². The highest BCUT2D eigenvalue weighted by Gasteiger charge is 2.27. The fourth-order valence-corrected chi connectivity index (χ4v) is 1.25. The van der Waals surface area contributed by atoms with Crippen molar-refractivity contribution in [3.8, 4) is 5.75 Å². The van der Waals surface area contributed by atoms with Crippen LogP contribution < -0.4 is 10.5 Å². The standard InChI is InChI=1S/C11H12F3NO4/c1-17-10(16)9-7(15)3-2-4-8(9)19-6-18-5-11(12,13)14/h2-4H,5-6,15H2,1H3. The fourth-order valence-electron chi connectivity index (χ4n) is 1.25. The van der Waals surface area contributed by atoms with Crippen LogP contribution in [-0.4, -0.2) is 32.7 Å². The predicted octanol–water partition coefficient (Wildman–Crippen LogP) is 1.97. The fraction of sp³-hybridized carbons (Fsp3) is 0.364. The zero-order chi connectivity index (χ0) is 14.5. The molecule has 5 nitrogen and oxygen atoms in total. The van der Waals surface area contributed by atoms with E-state index in [1.165, 1.54) is 18.2 Å². The van der Waals surface area contributed by atoms with E-state index >= 15 is 0 Å². The summed E-state index contributed by atoms with van der Waals surface area (Å²) in [7, 11) is 1.15. The van der Waals surface area contributed by atoms with Gasteiger partial charge in [0.05, 0.1) is 7.11 Å². The van der Waals surface area contributed by atoms with E-state index in [2.05, 4.69) is 9.47 Å². The first-order valence-corrected chi connectivity index (χ1v) is 5.09. The van der Waals surface area contributed by atoms with Crippen LogP contribution in [0.25, 0.3) is 0 Å². The summed E-state index contributed by atoms with van der Waals surface area (Å²) in [4.78, 5) is 11.4. The van der Waals surface area contributed by atoms with Crippen molar-refractivity contribution in [3.63, 3.8) is 0 Å². The first-order valence-electron chi connectivity index (χ1n) is 5.09. The van der Waals surface area contributed by atoms with Gasteiger partial charge in [0, 0.05) is 5.69 Å². The van der Waals surface area contributed by atoms with Crippen LogP contribution in [0, 0.1) is 0 Å². The minimum absolute atomic E-state index is 0.00553. The van der Waals surface area contributed by atoms with Gasteiger partial charge in [-0.25, -0.2) is 4.79 Å². The number of esters is 1. The molecular weight excluding hydrogens is 267 g/mol. The molecule has 0 saturated carbocycles. The van der Waals surface area contributed by atoms with E-state index in [1.807, 2.05) is 0 Å². The summed E-state index contributed by atoms with van der Waals surface area (Å²) < 4.78 is 49.2. The molecule has 8 heteroatoms. The van der Waals surface area contributed by atoms with E-state index in [-0.39, 0.29) is 17.0 Å². The average Bonchev–Trinajstić information content (AvgIpc) is 2.33.